The normalized spacial score (nSPS) is 15.4. The topological polar surface area (TPSA) is 143 Å². The average Bonchev–Trinajstić information content (AvgIpc) is 3.70. The molecule has 0 radical (unpaired) electrons. The van der Waals surface area contributed by atoms with Crippen LogP contribution in [-0.4, -0.2) is 52.7 Å². The fraction of sp³-hybridized carbons (Fsp3) is 0.304. The molecular weight excluding hydrogens is 443 g/mol. The predicted octanol–water partition coefficient (Wildman–Crippen LogP) is 1.27. The Labute approximate surface area is 194 Å². The number of nitrogen functional groups attached to an aromatic ring is 1. The van der Waals surface area contributed by atoms with Crippen molar-refractivity contribution >= 4 is 28.5 Å². The highest BCUT2D eigenvalue weighted by Gasteiger charge is 2.28. The van der Waals surface area contributed by atoms with Gasteiger partial charge in [0.1, 0.15) is 11.4 Å². The van der Waals surface area contributed by atoms with Crippen molar-refractivity contribution in [2.24, 2.45) is 5.84 Å². The SMILES string of the molecule is NNC(=O)c1ccncc1.O=C(O)c1cn(C2CC2)c2cc(N3CCNCC3)c(F)cc2c1=O. The third-order valence-corrected chi connectivity index (χ3v) is 5.80. The molecule has 1 aromatic carbocycles. The summed E-state index contributed by atoms with van der Waals surface area (Å²) in [6.45, 7) is 2.96. The Morgan fingerprint density at radius 3 is 2.44 bits per heavy atom. The third-order valence-electron chi connectivity index (χ3n) is 5.80. The molecule has 2 fully saturated rings. The number of halogens is 1. The molecule has 1 aliphatic carbocycles. The summed E-state index contributed by atoms with van der Waals surface area (Å²) in [4.78, 5) is 40.2. The maximum atomic E-state index is 14.6. The Hall–Kier alpha value is -3.83. The fourth-order valence-corrected chi connectivity index (χ4v) is 3.90. The van der Waals surface area contributed by atoms with Crippen LogP contribution in [0.1, 0.15) is 39.6 Å². The summed E-state index contributed by atoms with van der Waals surface area (Å²) in [6.07, 6.45) is 6.36. The van der Waals surface area contributed by atoms with Gasteiger partial charge in [0.2, 0.25) is 5.43 Å². The largest absolute Gasteiger partial charge is 0.477 e. The van der Waals surface area contributed by atoms with E-state index in [4.69, 9.17) is 5.84 Å². The summed E-state index contributed by atoms with van der Waals surface area (Å²) in [5, 5.41) is 12.6. The molecule has 3 heterocycles. The quantitative estimate of drug-likeness (QED) is 0.255. The molecule has 11 heteroatoms. The first-order chi connectivity index (χ1) is 16.4. The molecule has 0 atom stereocenters. The fourth-order valence-electron chi connectivity index (χ4n) is 3.90. The summed E-state index contributed by atoms with van der Waals surface area (Å²) >= 11 is 0. The zero-order valence-electron chi connectivity index (χ0n) is 18.3. The van der Waals surface area contributed by atoms with Crippen molar-refractivity contribution in [2.75, 3.05) is 31.1 Å². The molecule has 178 valence electrons. The number of benzene rings is 1. The highest BCUT2D eigenvalue weighted by Crippen LogP contribution is 2.38. The van der Waals surface area contributed by atoms with Gasteiger partial charge in [-0.05, 0) is 37.1 Å². The van der Waals surface area contributed by atoms with Crippen LogP contribution in [0, 0.1) is 5.82 Å². The zero-order valence-corrected chi connectivity index (χ0v) is 18.3. The number of anilines is 1. The van der Waals surface area contributed by atoms with Gasteiger partial charge >= 0.3 is 5.97 Å². The first-order valence-corrected chi connectivity index (χ1v) is 10.9. The highest BCUT2D eigenvalue weighted by atomic mass is 19.1. The number of hydrogen-bond acceptors (Lipinski definition) is 7. The van der Waals surface area contributed by atoms with Gasteiger partial charge in [-0.15, -0.1) is 0 Å². The Bertz CT molecular complexity index is 1270. The van der Waals surface area contributed by atoms with Gasteiger partial charge in [0.05, 0.1) is 11.2 Å². The van der Waals surface area contributed by atoms with E-state index >= 15 is 0 Å². The number of piperazine rings is 1. The number of amides is 1. The number of carboxylic acids is 1. The van der Waals surface area contributed by atoms with E-state index in [0.717, 1.165) is 25.9 Å². The number of carboxylic acid groups (broad SMARTS) is 1. The van der Waals surface area contributed by atoms with Crippen LogP contribution in [0.4, 0.5) is 10.1 Å². The minimum absolute atomic E-state index is 0.137. The van der Waals surface area contributed by atoms with Crippen LogP contribution >= 0.6 is 0 Å². The number of aromatic nitrogens is 2. The molecular formula is C23H25FN6O4. The Balaban J connectivity index is 0.000000231. The summed E-state index contributed by atoms with van der Waals surface area (Å²) in [6, 6.07) is 6.25. The number of aromatic carboxylic acids is 1. The van der Waals surface area contributed by atoms with Crippen LogP contribution in [0.2, 0.25) is 0 Å². The van der Waals surface area contributed by atoms with Crippen molar-refractivity contribution in [1.29, 1.82) is 0 Å². The zero-order chi connectivity index (χ0) is 24.2. The summed E-state index contributed by atoms with van der Waals surface area (Å²) in [5.41, 5.74) is 2.69. The average molecular weight is 468 g/mol. The number of rotatable bonds is 4. The van der Waals surface area contributed by atoms with E-state index in [1.807, 2.05) is 14.9 Å². The number of nitrogens with one attached hydrogen (secondary N) is 2. The van der Waals surface area contributed by atoms with Crippen molar-refractivity contribution in [3.05, 3.63) is 70.0 Å². The molecule has 34 heavy (non-hydrogen) atoms. The molecule has 2 aliphatic rings. The van der Waals surface area contributed by atoms with Crippen molar-refractivity contribution < 1.29 is 19.1 Å². The second kappa shape index (κ2) is 9.98. The number of nitrogens with two attached hydrogens (primary N) is 1. The molecule has 2 aromatic heterocycles. The molecule has 1 saturated carbocycles. The number of carbonyl (C=O) groups excluding carboxylic acids is 1. The lowest BCUT2D eigenvalue weighted by atomic mass is 10.1. The molecule has 5 rings (SSSR count). The summed E-state index contributed by atoms with van der Waals surface area (Å²) < 4.78 is 16.4. The van der Waals surface area contributed by atoms with Crippen LogP contribution in [0.5, 0.6) is 0 Å². The second-order valence-electron chi connectivity index (χ2n) is 8.08. The number of pyridine rings is 2. The van der Waals surface area contributed by atoms with Crippen molar-refractivity contribution in [1.82, 2.24) is 20.3 Å². The van der Waals surface area contributed by atoms with Crippen LogP contribution in [0.3, 0.4) is 0 Å². The minimum Gasteiger partial charge on any atom is -0.477 e. The first kappa shape index (κ1) is 23.3. The number of carbonyl (C=O) groups is 2. The molecule has 0 bridgehead atoms. The Morgan fingerprint density at radius 1 is 1.18 bits per heavy atom. The molecule has 5 N–H and O–H groups in total. The van der Waals surface area contributed by atoms with E-state index in [1.54, 1.807) is 18.2 Å². The van der Waals surface area contributed by atoms with E-state index in [9.17, 15) is 23.9 Å². The standard InChI is InChI=1S/C17H18FN3O3.C6H7N3O/c18-13-7-11-14(8-15(13)20-5-3-19-4-6-20)21(10-1-2-10)9-12(16(11)22)17(23)24;7-9-6(10)5-1-3-8-4-2-5/h7-10,19H,1-6H2,(H,23,24);1-4H,7H2,(H,9,10). The molecule has 10 nitrogen and oxygen atoms in total. The van der Waals surface area contributed by atoms with Gasteiger partial charge in [0, 0.05) is 61.8 Å². The lowest BCUT2D eigenvalue weighted by Gasteiger charge is -2.30. The monoisotopic (exact) mass is 468 g/mol. The number of hydrogen-bond donors (Lipinski definition) is 4. The molecule has 1 saturated heterocycles. The van der Waals surface area contributed by atoms with Gasteiger partial charge in [-0.1, -0.05) is 0 Å². The minimum atomic E-state index is -1.28. The van der Waals surface area contributed by atoms with Gasteiger partial charge < -0.3 is 19.9 Å². The number of fused-ring (bicyclic) bond motifs is 1. The number of hydrazine groups is 1. The van der Waals surface area contributed by atoms with Crippen molar-refractivity contribution in [2.45, 2.75) is 18.9 Å². The van der Waals surface area contributed by atoms with E-state index in [0.29, 0.717) is 29.9 Å². The Morgan fingerprint density at radius 2 is 1.85 bits per heavy atom. The molecule has 3 aromatic rings. The van der Waals surface area contributed by atoms with Crippen LogP contribution in [-0.2, 0) is 0 Å². The van der Waals surface area contributed by atoms with Crippen LogP contribution in [0.25, 0.3) is 10.9 Å². The van der Waals surface area contributed by atoms with Gasteiger partial charge in [-0.25, -0.2) is 15.0 Å². The van der Waals surface area contributed by atoms with Gasteiger partial charge in [0.15, 0.2) is 0 Å². The van der Waals surface area contributed by atoms with Gasteiger partial charge in [-0.3, -0.25) is 20.0 Å². The van der Waals surface area contributed by atoms with E-state index in [-0.39, 0.29) is 22.9 Å². The molecule has 0 unspecified atom stereocenters. The second-order valence-corrected chi connectivity index (χ2v) is 8.08. The van der Waals surface area contributed by atoms with Gasteiger partial charge in [-0.2, -0.15) is 0 Å². The van der Waals surface area contributed by atoms with E-state index in [1.165, 1.54) is 24.7 Å². The lowest BCUT2D eigenvalue weighted by molar-refractivity contribution is 0.0694. The highest BCUT2D eigenvalue weighted by molar-refractivity contribution is 5.94. The van der Waals surface area contributed by atoms with Crippen LogP contribution in [0.15, 0.2) is 47.7 Å². The van der Waals surface area contributed by atoms with Crippen molar-refractivity contribution in [3.63, 3.8) is 0 Å². The predicted molar refractivity (Wildman–Crippen MR) is 124 cm³/mol. The third kappa shape index (κ3) is 4.90. The molecule has 1 amide bonds. The molecule has 0 spiro atoms. The van der Waals surface area contributed by atoms with Gasteiger partial charge in [0.25, 0.3) is 5.91 Å². The maximum absolute atomic E-state index is 14.6. The lowest BCUT2D eigenvalue weighted by Crippen LogP contribution is -2.43. The number of nitrogens with zero attached hydrogens (tertiary/aromatic N) is 3. The van der Waals surface area contributed by atoms with Crippen molar-refractivity contribution in [3.8, 4) is 0 Å². The van der Waals surface area contributed by atoms with E-state index in [2.05, 4.69) is 10.3 Å². The first-order valence-electron chi connectivity index (χ1n) is 10.9. The Kier molecular flexibility index (Phi) is 6.85. The van der Waals surface area contributed by atoms with E-state index < -0.39 is 17.2 Å². The summed E-state index contributed by atoms with van der Waals surface area (Å²) in [5.74, 6) is 2.83. The smallest absolute Gasteiger partial charge is 0.341 e. The maximum Gasteiger partial charge on any atom is 0.341 e. The summed E-state index contributed by atoms with van der Waals surface area (Å²) in [7, 11) is 0. The van der Waals surface area contributed by atoms with Crippen LogP contribution < -0.4 is 26.9 Å². The molecule has 1 aliphatic heterocycles.